The number of aliphatic carboxylic acids is 2. The number of halogens is 1. The number of hydrogen-bond donors (Lipinski definition) is 2. The number of benzene rings is 1. The molecule has 0 spiro atoms. The topological polar surface area (TPSA) is 112 Å². The normalized spacial score (nSPS) is 23.1. The van der Waals surface area contributed by atoms with Gasteiger partial charge in [-0.05, 0) is 24.6 Å². The van der Waals surface area contributed by atoms with E-state index in [1.165, 1.54) is 12.1 Å². The second-order valence-corrected chi connectivity index (χ2v) is 6.94. The van der Waals surface area contributed by atoms with Crippen molar-refractivity contribution in [3.05, 3.63) is 30.1 Å². The second-order valence-electron chi connectivity index (χ2n) is 5.00. The van der Waals surface area contributed by atoms with Gasteiger partial charge in [-0.15, -0.1) is 0 Å². The summed E-state index contributed by atoms with van der Waals surface area (Å²) in [5.41, 5.74) is 0. The third kappa shape index (κ3) is 3.09. The quantitative estimate of drug-likeness (QED) is 0.836. The average molecular weight is 331 g/mol. The van der Waals surface area contributed by atoms with E-state index in [0.29, 0.717) is 0 Å². The van der Waals surface area contributed by atoms with Crippen LogP contribution in [0, 0.1) is 17.7 Å². The molecule has 0 amide bonds. The summed E-state index contributed by atoms with van der Waals surface area (Å²) >= 11 is 0. The minimum absolute atomic E-state index is 0.110. The van der Waals surface area contributed by atoms with Crippen LogP contribution in [-0.2, 0) is 19.6 Å². The molecule has 2 atom stereocenters. The second kappa shape index (κ2) is 6.01. The minimum atomic E-state index is -4.06. The molecular weight excluding hydrogens is 317 g/mol. The van der Waals surface area contributed by atoms with E-state index in [2.05, 4.69) is 0 Å². The monoisotopic (exact) mass is 331 g/mol. The largest absolute Gasteiger partial charge is 0.481 e. The molecule has 1 fully saturated rings. The Morgan fingerprint density at radius 2 is 1.82 bits per heavy atom. The first-order valence-electron chi connectivity index (χ1n) is 6.45. The third-order valence-corrected chi connectivity index (χ3v) is 5.50. The molecule has 2 unspecified atom stereocenters. The number of carboxylic acids is 2. The Hall–Kier alpha value is -2.00. The number of carbonyl (C=O) groups is 2. The maximum absolute atomic E-state index is 13.2. The average Bonchev–Trinajstić information content (AvgIpc) is 2.46. The zero-order chi connectivity index (χ0) is 16.5. The zero-order valence-electron chi connectivity index (χ0n) is 11.3. The lowest BCUT2D eigenvalue weighted by Crippen LogP contribution is -2.48. The summed E-state index contributed by atoms with van der Waals surface area (Å²) in [7, 11) is -4.06. The fourth-order valence-corrected chi connectivity index (χ4v) is 3.98. The highest BCUT2D eigenvalue weighted by Crippen LogP contribution is 2.28. The van der Waals surface area contributed by atoms with E-state index < -0.39 is 46.2 Å². The molecule has 120 valence electrons. The molecule has 7 nitrogen and oxygen atoms in total. The molecule has 0 radical (unpaired) electrons. The van der Waals surface area contributed by atoms with Gasteiger partial charge in [0.2, 0.25) is 10.0 Å². The molecular formula is C13H14FNO6S. The molecule has 1 aliphatic heterocycles. The highest BCUT2D eigenvalue weighted by Gasteiger charge is 2.42. The molecule has 2 rings (SSSR count). The Labute approximate surface area is 126 Å². The van der Waals surface area contributed by atoms with E-state index in [0.717, 1.165) is 16.4 Å². The van der Waals surface area contributed by atoms with Crippen molar-refractivity contribution in [3.63, 3.8) is 0 Å². The third-order valence-electron chi connectivity index (χ3n) is 3.64. The van der Waals surface area contributed by atoms with Gasteiger partial charge in [0.25, 0.3) is 0 Å². The molecule has 1 aliphatic rings. The van der Waals surface area contributed by atoms with Crippen molar-refractivity contribution in [2.45, 2.75) is 11.3 Å². The van der Waals surface area contributed by atoms with Crippen LogP contribution >= 0.6 is 0 Å². The highest BCUT2D eigenvalue weighted by molar-refractivity contribution is 7.89. The molecule has 1 heterocycles. The van der Waals surface area contributed by atoms with Crippen LogP contribution in [0.25, 0.3) is 0 Å². The predicted molar refractivity (Wildman–Crippen MR) is 72.0 cm³/mol. The van der Waals surface area contributed by atoms with Crippen LogP contribution in [0.5, 0.6) is 0 Å². The van der Waals surface area contributed by atoms with Gasteiger partial charge < -0.3 is 10.2 Å². The van der Waals surface area contributed by atoms with E-state index in [4.69, 9.17) is 10.2 Å². The fraction of sp³-hybridized carbons (Fsp3) is 0.385. The molecule has 0 aromatic heterocycles. The van der Waals surface area contributed by atoms with Gasteiger partial charge in [0.05, 0.1) is 16.7 Å². The summed E-state index contributed by atoms with van der Waals surface area (Å²) in [4.78, 5) is 22.0. The lowest BCUT2D eigenvalue weighted by molar-refractivity contribution is -0.156. The van der Waals surface area contributed by atoms with Crippen LogP contribution < -0.4 is 0 Å². The van der Waals surface area contributed by atoms with Crippen molar-refractivity contribution in [1.82, 2.24) is 4.31 Å². The van der Waals surface area contributed by atoms with Gasteiger partial charge in [0, 0.05) is 13.1 Å². The van der Waals surface area contributed by atoms with Crippen LogP contribution in [0.15, 0.2) is 29.2 Å². The Morgan fingerprint density at radius 3 is 2.36 bits per heavy atom. The Balaban J connectivity index is 2.30. The summed E-state index contributed by atoms with van der Waals surface area (Å²) < 4.78 is 38.9. The van der Waals surface area contributed by atoms with Gasteiger partial charge in [-0.25, -0.2) is 12.8 Å². The number of sulfonamides is 1. The first kappa shape index (κ1) is 16.4. The van der Waals surface area contributed by atoms with Crippen molar-refractivity contribution in [3.8, 4) is 0 Å². The Bertz CT molecular complexity index is 704. The first-order chi connectivity index (χ1) is 10.2. The standard InChI is InChI=1S/C13H14FNO6S/c14-8-2-1-3-9(6-8)22(20,21)15-5-4-10(12(16)17)11(7-15)13(18)19/h1-3,6,10-11H,4-5,7H2,(H,16,17)(H,18,19). The van der Waals surface area contributed by atoms with Gasteiger partial charge in [-0.1, -0.05) is 6.07 Å². The van der Waals surface area contributed by atoms with Crippen molar-refractivity contribution < 1.29 is 32.6 Å². The van der Waals surface area contributed by atoms with Gasteiger partial charge in [-0.3, -0.25) is 9.59 Å². The van der Waals surface area contributed by atoms with E-state index in [-0.39, 0.29) is 17.9 Å². The van der Waals surface area contributed by atoms with Crippen LogP contribution in [-0.4, -0.2) is 48.0 Å². The smallest absolute Gasteiger partial charge is 0.308 e. The predicted octanol–water partition coefficient (Wildman–Crippen LogP) is 0.622. The van der Waals surface area contributed by atoms with Crippen LogP contribution in [0.3, 0.4) is 0 Å². The summed E-state index contributed by atoms with van der Waals surface area (Å²) in [6, 6.07) is 4.38. The molecule has 1 aromatic carbocycles. The fourth-order valence-electron chi connectivity index (χ4n) is 2.46. The van der Waals surface area contributed by atoms with E-state index in [9.17, 15) is 22.4 Å². The highest BCUT2D eigenvalue weighted by atomic mass is 32.2. The summed E-state index contributed by atoms with van der Waals surface area (Å²) in [6.45, 7) is -0.579. The van der Waals surface area contributed by atoms with Crippen LogP contribution in [0.4, 0.5) is 4.39 Å². The van der Waals surface area contributed by atoms with Crippen LogP contribution in [0.1, 0.15) is 6.42 Å². The number of piperidine rings is 1. The van der Waals surface area contributed by atoms with E-state index in [1.807, 2.05) is 0 Å². The van der Waals surface area contributed by atoms with Crippen molar-refractivity contribution in [2.24, 2.45) is 11.8 Å². The molecule has 1 saturated heterocycles. The summed E-state index contributed by atoms with van der Waals surface area (Å²) in [5, 5.41) is 18.1. The van der Waals surface area contributed by atoms with Gasteiger partial charge in [0.1, 0.15) is 5.82 Å². The van der Waals surface area contributed by atoms with Gasteiger partial charge >= 0.3 is 11.9 Å². The first-order valence-corrected chi connectivity index (χ1v) is 7.89. The number of nitrogens with zero attached hydrogens (tertiary/aromatic N) is 1. The lowest BCUT2D eigenvalue weighted by Gasteiger charge is -2.33. The zero-order valence-corrected chi connectivity index (χ0v) is 12.2. The number of carboxylic acid groups (broad SMARTS) is 2. The molecule has 0 bridgehead atoms. The molecule has 0 aliphatic carbocycles. The minimum Gasteiger partial charge on any atom is -0.481 e. The van der Waals surface area contributed by atoms with Gasteiger partial charge in [0.15, 0.2) is 0 Å². The van der Waals surface area contributed by atoms with E-state index in [1.54, 1.807) is 0 Å². The Kier molecular flexibility index (Phi) is 4.47. The maximum atomic E-state index is 13.2. The molecule has 2 N–H and O–H groups in total. The SMILES string of the molecule is O=C(O)C1CCN(S(=O)(=O)c2cccc(F)c2)CC1C(=O)O. The van der Waals surface area contributed by atoms with E-state index >= 15 is 0 Å². The molecule has 0 saturated carbocycles. The number of hydrogen-bond acceptors (Lipinski definition) is 4. The van der Waals surface area contributed by atoms with Crippen molar-refractivity contribution in [1.29, 1.82) is 0 Å². The van der Waals surface area contributed by atoms with Gasteiger partial charge in [-0.2, -0.15) is 4.31 Å². The van der Waals surface area contributed by atoms with Crippen molar-refractivity contribution >= 4 is 22.0 Å². The van der Waals surface area contributed by atoms with Crippen LogP contribution in [0.2, 0.25) is 0 Å². The molecule has 22 heavy (non-hydrogen) atoms. The lowest BCUT2D eigenvalue weighted by atomic mass is 9.86. The summed E-state index contributed by atoms with van der Waals surface area (Å²) in [6.07, 6.45) is -0.110. The van der Waals surface area contributed by atoms with Crippen molar-refractivity contribution in [2.75, 3.05) is 13.1 Å². The molecule has 9 heteroatoms. The molecule has 1 aromatic rings. The Morgan fingerprint density at radius 1 is 1.18 bits per heavy atom. The number of rotatable bonds is 4. The maximum Gasteiger partial charge on any atom is 0.308 e. The summed E-state index contributed by atoms with van der Waals surface area (Å²) in [5.74, 6) is -5.84.